The van der Waals surface area contributed by atoms with Crippen LogP contribution in [0, 0.1) is 17.2 Å². The highest BCUT2D eigenvalue weighted by atomic mass is 19.1. The molecule has 0 saturated carbocycles. The van der Waals surface area contributed by atoms with E-state index in [1.807, 2.05) is 47.1 Å². The molecule has 2 saturated heterocycles. The molecule has 28 heavy (non-hydrogen) atoms. The van der Waals surface area contributed by atoms with Gasteiger partial charge in [-0.1, -0.05) is 37.3 Å². The van der Waals surface area contributed by atoms with E-state index in [4.69, 9.17) is 0 Å². The minimum absolute atomic E-state index is 0.0311. The van der Waals surface area contributed by atoms with Gasteiger partial charge >= 0.3 is 0 Å². The van der Waals surface area contributed by atoms with E-state index in [1.165, 1.54) is 6.33 Å². The number of benzene rings is 1. The Bertz CT molecular complexity index is 863. The van der Waals surface area contributed by atoms with Crippen LogP contribution >= 0.6 is 0 Å². The summed E-state index contributed by atoms with van der Waals surface area (Å²) in [7, 11) is 0. The number of carbonyl (C=O) groups excluding carboxylic acids is 1. The fraction of sp³-hybridized carbons (Fsp3) is 0.476. The lowest BCUT2D eigenvalue weighted by Crippen LogP contribution is -2.39. The van der Waals surface area contributed by atoms with Gasteiger partial charge in [0.05, 0.1) is 18.7 Å². The molecule has 3 heterocycles. The minimum Gasteiger partial charge on any atom is -0.396 e. The van der Waals surface area contributed by atoms with E-state index in [-0.39, 0.29) is 24.2 Å². The SMILES string of the molecule is CCc1ncnc(N2CC3CN(C(=O)Cc4ccccc4)CC3(CO)C2)c1F. The molecule has 0 radical (unpaired) electrons. The molecule has 2 atom stereocenters. The molecule has 2 aliphatic rings. The Kier molecular flexibility index (Phi) is 5.02. The number of likely N-dealkylation sites (tertiary alicyclic amines) is 1. The van der Waals surface area contributed by atoms with Crippen LogP contribution in [-0.2, 0) is 17.6 Å². The summed E-state index contributed by atoms with van der Waals surface area (Å²) in [4.78, 5) is 24.6. The summed E-state index contributed by atoms with van der Waals surface area (Å²) in [5.41, 5.74) is 0.954. The number of hydrogen-bond donors (Lipinski definition) is 1. The highest BCUT2D eigenvalue weighted by Crippen LogP contribution is 2.44. The summed E-state index contributed by atoms with van der Waals surface area (Å²) >= 11 is 0. The lowest BCUT2D eigenvalue weighted by molar-refractivity contribution is -0.130. The van der Waals surface area contributed by atoms with Crippen LogP contribution in [0.15, 0.2) is 36.7 Å². The topological polar surface area (TPSA) is 69.6 Å². The van der Waals surface area contributed by atoms with Gasteiger partial charge in [0.1, 0.15) is 6.33 Å². The van der Waals surface area contributed by atoms with Gasteiger partial charge in [0.25, 0.3) is 0 Å². The predicted molar refractivity (Wildman–Crippen MR) is 103 cm³/mol. The maximum atomic E-state index is 14.7. The monoisotopic (exact) mass is 384 g/mol. The smallest absolute Gasteiger partial charge is 0.227 e. The highest BCUT2D eigenvalue weighted by molar-refractivity contribution is 5.79. The van der Waals surface area contributed by atoms with Crippen molar-refractivity contribution in [3.63, 3.8) is 0 Å². The van der Waals surface area contributed by atoms with Crippen LogP contribution in [-0.4, -0.2) is 58.7 Å². The summed E-state index contributed by atoms with van der Waals surface area (Å²) in [5.74, 6) is 0.0874. The quantitative estimate of drug-likeness (QED) is 0.849. The van der Waals surface area contributed by atoms with Crippen LogP contribution in [0.3, 0.4) is 0 Å². The molecule has 148 valence electrons. The molecule has 0 aliphatic carbocycles. The summed E-state index contributed by atoms with van der Waals surface area (Å²) in [5, 5.41) is 10.2. The second-order valence-electron chi connectivity index (χ2n) is 7.85. The third kappa shape index (κ3) is 3.24. The maximum Gasteiger partial charge on any atom is 0.227 e. The predicted octanol–water partition coefficient (Wildman–Crippen LogP) is 1.68. The summed E-state index contributed by atoms with van der Waals surface area (Å²) < 4.78 is 14.7. The van der Waals surface area contributed by atoms with E-state index < -0.39 is 5.41 Å². The number of rotatable bonds is 5. The van der Waals surface area contributed by atoms with Gasteiger partial charge in [-0.2, -0.15) is 0 Å². The van der Waals surface area contributed by atoms with Gasteiger partial charge in [0.15, 0.2) is 11.6 Å². The second-order valence-corrected chi connectivity index (χ2v) is 7.85. The number of aliphatic hydroxyl groups excluding tert-OH is 1. The normalized spacial score (nSPS) is 23.9. The molecule has 2 aliphatic heterocycles. The molecule has 4 rings (SSSR count). The number of aliphatic hydroxyl groups is 1. The van der Waals surface area contributed by atoms with Crippen molar-refractivity contribution in [1.29, 1.82) is 0 Å². The Morgan fingerprint density at radius 1 is 1.25 bits per heavy atom. The van der Waals surface area contributed by atoms with Crippen molar-refractivity contribution in [1.82, 2.24) is 14.9 Å². The van der Waals surface area contributed by atoms with Gasteiger partial charge in [-0.25, -0.2) is 14.4 Å². The van der Waals surface area contributed by atoms with E-state index in [0.717, 1.165) is 5.56 Å². The van der Waals surface area contributed by atoms with Crippen LogP contribution in [0.5, 0.6) is 0 Å². The lowest BCUT2D eigenvalue weighted by Gasteiger charge is -2.28. The van der Waals surface area contributed by atoms with Crippen LogP contribution in [0.4, 0.5) is 10.2 Å². The van der Waals surface area contributed by atoms with Crippen LogP contribution in [0.25, 0.3) is 0 Å². The maximum absolute atomic E-state index is 14.7. The van der Waals surface area contributed by atoms with Crippen molar-refractivity contribution in [3.8, 4) is 0 Å². The zero-order valence-electron chi connectivity index (χ0n) is 16.0. The number of fused-ring (bicyclic) bond motifs is 1. The van der Waals surface area contributed by atoms with Crippen molar-refractivity contribution in [2.75, 3.05) is 37.7 Å². The minimum atomic E-state index is -0.434. The largest absolute Gasteiger partial charge is 0.396 e. The lowest BCUT2D eigenvalue weighted by atomic mass is 9.82. The van der Waals surface area contributed by atoms with Gasteiger partial charge in [0.2, 0.25) is 5.91 Å². The summed E-state index contributed by atoms with van der Waals surface area (Å²) in [6.07, 6.45) is 2.26. The average Bonchev–Trinajstić information content (AvgIpc) is 3.24. The molecular weight excluding hydrogens is 359 g/mol. The number of hydrogen-bond acceptors (Lipinski definition) is 5. The number of carbonyl (C=O) groups is 1. The number of halogens is 1. The van der Waals surface area contributed by atoms with Crippen LogP contribution in [0.1, 0.15) is 18.2 Å². The first-order valence-electron chi connectivity index (χ1n) is 9.73. The van der Waals surface area contributed by atoms with E-state index >= 15 is 0 Å². The fourth-order valence-corrected chi connectivity index (χ4v) is 4.50. The molecule has 1 N–H and O–H groups in total. The molecule has 2 aromatic rings. The van der Waals surface area contributed by atoms with E-state index in [2.05, 4.69) is 9.97 Å². The number of nitrogens with zero attached hydrogens (tertiary/aromatic N) is 4. The van der Waals surface area contributed by atoms with Gasteiger partial charge in [-0.3, -0.25) is 4.79 Å². The zero-order valence-corrected chi connectivity index (χ0v) is 16.0. The Balaban J connectivity index is 1.48. The number of amides is 1. The third-order valence-corrected chi connectivity index (χ3v) is 6.10. The Hall–Kier alpha value is -2.54. The zero-order chi connectivity index (χ0) is 19.7. The van der Waals surface area contributed by atoms with Crippen molar-refractivity contribution in [2.24, 2.45) is 11.3 Å². The van der Waals surface area contributed by atoms with Gasteiger partial charge in [0, 0.05) is 37.5 Å². The molecule has 6 nitrogen and oxygen atoms in total. The molecule has 1 amide bonds. The molecule has 0 spiro atoms. The number of aromatic nitrogens is 2. The van der Waals surface area contributed by atoms with Gasteiger partial charge < -0.3 is 14.9 Å². The average molecular weight is 384 g/mol. The molecule has 0 bridgehead atoms. The van der Waals surface area contributed by atoms with E-state index in [9.17, 15) is 14.3 Å². The van der Waals surface area contributed by atoms with Crippen molar-refractivity contribution >= 4 is 11.7 Å². The van der Waals surface area contributed by atoms with Crippen molar-refractivity contribution in [2.45, 2.75) is 19.8 Å². The Morgan fingerprint density at radius 2 is 2.04 bits per heavy atom. The van der Waals surface area contributed by atoms with Crippen molar-refractivity contribution < 1.29 is 14.3 Å². The van der Waals surface area contributed by atoms with E-state index in [0.29, 0.717) is 50.5 Å². The molecule has 1 aromatic heterocycles. The standard InChI is InChI=1S/C21H25FN4O2/c1-2-17-19(22)20(24-14-23-17)26-10-16-9-25(11-21(16,12-26)13-27)18(28)8-15-6-4-3-5-7-15/h3-7,14,16,27H,2,8-13H2,1H3. The third-order valence-electron chi connectivity index (χ3n) is 6.10. The number of aryl methyl sites for hydroxylation is 1. The summed E-state index contributed by atoms with van der Waals surface area (Å²) in [6.45, 7) is 3.96. The number of anilines is 1. The molecule has 2 fully saturated rings. The Labute approximate surface area is 164 Å². The van der Waals surface area contributed by atoms with E-state index in [1.54, 1.807) is 0 Å². The van der Waals surface area contributed by atoms with Gasteiger partial charge in [-0.05, 0) is 12.0 Å². The molecule has 7 heteroatoms. The fourth-order valence-electron chi connectivity index (χ4n) is 4.50. The molecule has 2 unspecified atom stereocenters. The molecular formula is C21H25FN4O2. The molecule has 1 aromatic carbocycles. The Morgan fingerprint density at radius 3 is 2.71 bits per heavy atom. The first-order valence-corrected chi connectivity index (χ1v) is 9.73. The van der Waals surface area contributed by atoms with Crippen molar-refractivity contribution in [3.05, 3.63) is 53.7 Å². The second kappa shape index (κ2) is 7.47. The first kappa shape index (κ1) is 18.8. The van der Waals surface area contributed by atoms with Crippen LogP contribution < -0.4 is 4.90 Å². The summed E-state index contributed by atoms with van der Waals surface area (Å²) in [6, 6.07) is 9.67. The highest BCUT2D eigenvalue weighted by Gasteiger charge is 2.53. The van der Waals surface area contributed by atoms with Gasteiger partial charge in [-0.15, -0.1) is 0 Å². The van der Waals surface area contributed by atoms with Crippen LogP contribution in [0.2, 0.25) is 0 Å². The first-order chi connectivity index (χ1) is 13.6.